The fraction of sp³-hybridized carbons (Fsp3) is 0.611. The molecule has 0 aromatic heterocycles. The van der Waals surface area contributed by atoms with E-state index in [2.05, 4.69) is 4.90 Å². The van der Waals surface area contributed by atoms with Crippen LogP contribution in [-0.4, -0.2) is 43.7 Å². The normalized spacial score (nSPS) is 25.8. The second-order valence-corrected chi connectivity index (χ2v) is 6.68. The van der Waals surface area contributed by atoms with E-state index in [1.807, 2.05) is 6.07 Å². The number of carbonyl (C=O) groups excluding carboxylic acids is 1. The van der Waals surface area contributed by atoms with E-state index in [-0.39, 0.29) is 29.5 Å². The molecule has 5 nitrogen and oxygen atoms in total. The summed E-state index contributed by atoms with van der Waals surface area (Å²) in [5.74, 6) is -0.0479. The minimum absolute atomic E-state index is 0.0433. The summed E-state index contributed by atoms with van der Waals surface area (Å²) in [6.45, 7) is 2.92. The number of carbonyl (C=O) groups is 1. The van der Waals surface area contributed by atoms with Crippen molar-refractivity contribution in [2.24, 2.45) is 17.6 Å². The van der Waals surface area contributed by atoms with Gasteiger partial charge in [-0.1, -0.05) is 12.1 Å². The van der Waals surface area contributed by atoms with Crippen LogP contribution in [0.25, 0.3) is 0 Å². The number of hydrogen-bond donors (Lipinski definition) is 1. The Balaban J connectivity index is 1.57. The van der Waals surface area contributed by atoms with E-state index in [1.165, 1.54) is 7.11 Å². The van der Waals surface area contributed by atoms with Crippen LogP contribution >= 0.6 is 0 Å². The number of hydrogen-bond acceptors (Lipinski definition) is 4. The molecule has 0 saturated carbocycles. The van der Waals surface area contributed by atoms with Crippen molar-refractivity contribution in [3.63, 3.8) is 0 Å². The van der Waals surface area contributed by atoms with Gasteiger partial charge >= 0.3 is 0 Å². The third-order valence-corrected chi connectivity index (χ3v) is 5.26. The number of primary amides is 1. The van der Waals surface area contributed by atoms with Gasteiger partial charge in [0.2, 0.25) is 5.91 Å². The SMILES string of the molecule is COc1cccc(CN2CCC([C@H]3OCC[C@@H]3C(N)=O)CC2)c1F. The van der Waals surface area contributed by atoms with Crippen LogP contribution in [0.15, 0.2) is 18.2 Å². The van der Waals surface area contributed by atoms with Gasteiger partial charge in [0.05, 0.1) is 19.1 Å². The lowest BCUT2D eigenvalue weighted by atomic mass is 9.84. The molecule has 2 N–H and O–H groups in total. The van der Waals surface area contributed by atoms with E-state index in [1.54, 1.807) is 12.1 Å². The highest BCUT2D eigenvalue weighted by Crippen LogP contribution is 2.33. The number of nitrogens with zero attached hydrogens (tertiary/aromatic N) is 1. The van der Waals surface area contributed by atoms with Crippen LogP contribution in [0.3, 0.4) is 0 Å². The lowest BCUT2D eigenvalue weighted by Crippen LogP contribution is -2.42. The minimum atomic E-state index is -0.282. The van der Waals surface area contributed by atoms with Gasteiger partial charge in [-0.3, -0.25) is 9.69 Å². The fourth-order valence-electron chi connectivity index (χ4n) is 3.90. The van der Waals surface area contributed by atoms with Crippen LogP contribution in [0.2, 0.25) is 0 Å². The lowest BCUT2D eigenvalue weighted by molar-refractivity contribution is -0.124. The number of piperidine rings is 1. The third-order valence-electron chi connectivity index (χ3n) is 5.26. The number of nitrogens with two attached hydrogens (primary N) is 1. The van der Waals surface area contributed by atoms with Crippen molar-refractivity contribution in [3.05, 3.63) is 29.6 Å². The van der Waals surface area contributed by atoms with Crippen LogP contribution in [-0.2, 0) is 16.1 Å². The van der Waals surface area contributed by atoms with E-state index >= 15 is 0 Å². The molecule has 1 aromatic rings. The Morgan fingerprint density at radius 3 is 2.79 bits per heavy atom. The number of benzene rings is 1. The van der Waals surface area contributed by atoms with Crippen molar-refractivity contribution in [1.82, 2.24) is 4.90 Å². The number of amides is 1. The number of likely N-dealkylation sites (tertiary alicyclic amines) is 1. The lowest BCUT2D eigenvalue weighted by Gasteiger charge is -2.35. The first-order valence-corrected chi connectivity index (χ1v) is 8.54. The molecule has 2 fully saturated rings. The van der Waals surface area contributed by atoms with Crippen molar-refractivity contribution in [1.29, 1.82) is 0 Å². The Morgan fingerprint density at radius 2 is 2.12 bits per heavy atom. The molecule has 24 heavy (non-hydrogen) atoms. The topological polar surface area (TPSA) is 64.8 Å². The molecule has 1 amide bonds. The molecule has 0 radical (unpaired) electrons. The monoisotopic (exact) mass is 336 g/mol. The van der Waals surface area contributed by atoms with Gasteiger partial charge in [0, 0.05) is 18.7 Å². The zero-order valence-electron chi connectivity index (χ0n) is 14.0. The second-order valence-electron chi connectivity index (χ2n) is 6.68. The summed E-state index contributed by atoms with van der Waals surface area (Å²) in [5.41, 5.74) is 6.14. The van der Waals surface area contributed by atoms with Crippen molar-refractivity contribution >= 4 is 5.91 Å². The predicted molar refractivity (Wildman–Crippen MR) is 88.0 cm³/mol. The Bertz CT molecular complexity index is 588. The molecule has 2 aliphatic rings. The van der Waals surface area contributed by atoms with Crippen LogP contribution in [0.5, 0.6) is 5.75 Å². The van der Waals surface area contributed by atoms with E-state index in [0.29, 0.717) is 24.6 Å². The van der Waals surface area contributed by atoms with E-state index in [4.69, 9.17) is 15.2 Å². The van der Waals surface area contributed by atoms with Gasteiger partial charge in [-0.25, -0.2) is 4.39 Å². The van der Waals surface area contributed by atoms with E-state index in [9.17, 15) is 9.18 Å². The molecular weight excluding hydrogens is 311 g/mol. The molecule has 1 aromatic carbocycles. The predicted octanol–water partition coefficient (Wildman–Crippen LogP) is 1.94. The summed E-state index contributed by atoms with van der Waals surface area (Å²) < 4.78 is 25.1. The Morgan fingerprint density at radius 1 is 1.38 bits per heavy atom. The minimum Gasteiger partial charge on any atom is -0.494 e. The van der Waals surface area contributed by atoms with Gasteiger partial charge in [-0.05, 0) is 44.3 Å². The molecular formula is C18H25FN2O3. The summed E-state index contributed by atoms with van der Waals surface area (Å²) in [5, 5.41) is 0. The molecule has 3 rings (SSSR count). The van der Waals surface area contributed by atoms with Gasteiger partial charge in [-0.2, -0.15) is 0 Å². The molecule has 0 aliphatic carbocycles. The molecule has 2 atom stereocenters. The van der Waals surface area contributed by atoms with Gasteiger partial charge in [0.1, 0.15) is 0 Å². The van der Waals surface area contributed by atoms with Gasteiger partial charge < -0.3 is 15.2 Å². The molecule has 132 valence electrons. The van der Waals surface area contributed by atoms with Crippen molar-refractivity contribution in [3.8, 4) is 5.75 Å². The zero-order valence-corrected chi connectivity index (χ0v) is 14.0. The number of methoxy groups -OCH3 is 1. The highest BCUT2D eigenvalue weighted by Gasteiger charge is 2.39. The highest BCUT2D eigenvalue weighted by atomic mass is 19.1. The summed E-state index contributed by atoms with van der Waals surface area (Å²) in [7, 11) is 1.48. The first-order valence-electron chi connectivity index (χ1n) is 8.54. The zero-order chi connectivity index (χ0) is 17.1. The second kappa shape index (κ2) is 7.49. The van der Waals surface area contributed by atoms with E-state index < -0.39 is 0 Å². The maximum atomic E-state index is 14.3. The van der Waals surface area contributed by atoms with Crippen LogP contribution in [0, 0.1) is 17.7 Å². The average Bonchev–Trinajstić information content (AvgIpc) is 3.07. The maximum Gasteiger partial charge on any atom is 0.223 e. The highest BCUT2D eigenvalue weighted by molar-refractivity contribution is 5.77. The number of halogens is 1. The first kappa shape index (κ1) is 17.2. The largest absolute Gasteiger partial charge is 0.494 e. The molecule has 2 saturated heterocycles. The Kier molecular flexibility index (Phi) is 5.36. The summed E-state index contributed by atoms with van der Waals surface area (Å²) in [6.07, 6.45) is 2.58. The summed E-state index contributed by atoms with van der Waals surface area (Å²) in [6, 6.07) is 5.24. The van der Waals surface area contributed by atoms with E-state index in [0.717, 1.165) is 32.4 Å². The van der Waals surface area contributed by atoms with Gasteiger partial charge in [-0.15, -0.1) is 0 Å². The Hall–Kier alpha value is -1.66. The van der Waals surface area contributed by atoms with Crippen molar-refractivity contribution in [2.75, 3.05) is 26.8 Å². The Labute approximate surface area is 141 Å². The average molecular weight is 336 g/mol. The van der Waals surface area contributed by atoms with Crippen LogP contribution in [0.1, 0.15) is 24.8 Å². The van der Waals surface area contributed by atoms with Crippen molar-refractivity contribution < 1.29 is 18.7 Å². The molecule has 0 spiro atoms. The van der Waals surface area contributed by atoms with Crippen molar-refractivity contribution in [2.45, 2.75) is 31.9 Å². The van der Waals surface area contributed by atoms with Crippen LogP contribution in [0.4, 0.5) is 4.39 Å². The maximum absolute atomic E-state index is 14.3. The molecule has 2 aliphatic heterocycles. The van der Waals surface area contributed by atoms with Gasteiger partial charge in [0.25, 0.3) is 0 Å². The van der Waals surface area contributed by atoms with Gasteiger partial charge in [0.15, 0.2) is 11.6 Å². The molecule has 2 heterocycles. The standard InChI is InChI=1S/C18H25FN2O3/c1-23-15-4-2-3-13(16(15)19)11-21-8-5-12(6-9-21)17-14(18(20)22)7-10-24-17/h2-4,12,14,17H,5-11H2,1H3,(H2,20,22)/t14-,17+/m0/s1. The smallest absolute Gasteiger partial charge is 0.223 e. The quantitative estimate of drug-likeness (QED) is 0.892. The summed E-state index contributed by atoms with van der Waals surface area (Å²) in [4.78, 5) is 13.8. The molecule has 6 heteroatoms. The number of rotatable bonds is 5. The van der Waals surface area contributed by atoms with Crippen LogP contribution < -0.4 is 10.5 Å². The summed E-state index contributed by atoms with van der Waals surface area (Å²) >= 11 is 0. The third kappa shape index (κ3) is 3.54. The molecule has 0 bridgehead atoms. The first-order chi connectivity index (χ1) is 11.6. The molecule has 0 unspecified atom stereocenters. The fourth-order valence-corrected chi connectivity index (χ4v) is 3.90. The number of ether oxygens (including phenoxy) is 2.